The lowest BCUT2D eigenvalue weighted by Gasteiger charge is -2.36. The van der Waals surface area contributed by atoms with Gasteiger partial charge < -0.3 is 9.47 Å². The van der Waals surface area contributed by atoms with Crippen LogP contribution in [0.2, 0.25) is 0 Å². The zero-order valence-electron chi connectivity index (χ0n) is 21.2. The molecule has 0 spiro atoms. The first-order valence-corrected chi connectivity index (χ1v) is 12.7. The van der Waals surface area contributed by atoms with Crippen LogP contribution in [0, 0.1) is 18.6 Å². The second kappa shape index (κ2) is 13.0. The van der Waals surface area contributed by atoms with Crippen molar-refractivity contribution < 1.29 is 13.6 Å². The molecule has 0 saturated carbocycles. The molecule has 1 saturated heterocycles. The van der Waals surface area contributed by atoms with Gasteiger partial charge in [-0.15, -0.1) is 12.4 Å². The third-order valence-corrected chi connectivity index (χ3v) is 6.93. The molecule has 0 unspecified atom stereocenters. The highest BCUT2D eigenvalue weighted by Crippen LogP contribution is 2.28. The molecule has 1 aliphatic heterocycles. The summed E-state index contributed by atoms with van der Waals surface area (Å²) in [5.74, 6) is -0.838. The summed E-state index contributed by atoms with van der Waals surface area (Å²) < 4.78 is 29.5. The molecule has 1 aliphatic rings. The van der Waals surface area contributed by atoms with Crippen LogP contribution in [0.5, 0.6) is 0 Å². The number of hydrogen-bond acceptors (Lipinski definition) is 3. The Morgan fingerprint density at radius 2 is 1.64 bits per heavy atom. The Labute approximate surface area is 219 Å². The Kier molecular flexibility index (Phi) is 10.1. The number of benzene rings is 2. The largest absolute Gasteiger partial charge is 0.367 e. The van der Waals surface area contributed by atoms with Crippen molar-refractivity contribution in [3.05, 3.63) is 77.5 Å². The predicted molar refractivity (Wildman–Crippen MR) is 145 cm³/mol. The fourth-order valence-corrected chi connectivity index (χ4v) is 4.99. The molecule has 4 nitrogen and oxygen atoms in total. The number of piperazine rings is 1. The van der Waals surface area contributed by atoms with Crippen LogP contribution in [0.1, 0.15) is 48.7 Å². The number of carbonyl (C=O) groups is 1. The summed E-state index contributed by atoms with van der Waals surface area (Å²) in [4.78, 5) is 17.4. The van der Waals surface area contributed by atoms with E-state index in [-0.39, 0.29) is 18.2 Å². The van der Waals surface area contributed by atoms with E-state index in [1.165, 1.54) is 12.1 Å². The highest BCUT2D eigenvalue weighted by atomic mass is 35.5. The molecular formula is C29H36ClF2N3O. The fraction of sp³-hybridized carbons (Fsp3) is 0.414. The molecule has 1 fully saturated rings. The van der Waals surface area contributed by atoms with E-state index in [9.17, 15) is 13.6 Å². The van der Waals surface area contributed by atoms with Crippen molar-refractivity contribution in [3.63, 3.8) is 0 Å². The van der Waals surface area contributed by atoms with Gasteiger partial charge in [0.1, 0.15) is 11.6 Å². The first-order chi connectivity index (χ1) is 17.0. The van der Waals surface area contributed by atoms with Gasteiger partial charge in [-0.3, -0.25) is 9.69 Å². The lowest BCUT2D eigenvalue weighted by Crippen LogP contribution is -2.46. The van der Waals surface area contributed by atoms with Crippen molar-refractivity contribution in [2.75, 3.05) is 37.6 Å². The molecule has 7 heteroatoms. The van der Waals surface area contributed by atoms with Gasteiger partial charge in [0.05, 0.1) is 5.69 Å². The standard InChI is InChI=1S/C29H35F2N3O.ClH/c1-3-14-34-22(2)25(21-28(34)23-9-5-4-6-10-23)29(35)11-7-8-15-32-16-18-33(19-17-32)27-13-12-24(30)20-26(27)31;/h4-6,9-10,12-13,20-21H,3,7-8,11,14-19H2,1-2H3;1H. The third kappa shape index (κ3) is 6.54. The third-order valence-electron chi connectivity index (χ3n) is 6.93. The second-order valence-corrected chi connectivity index (χ2v) is 9.35. The van der Waals surface area contributed by atoms with Gasteiger partial charge in [-0.05, 0) is 56.5 Å². The molecular weight excluding hydrogens is 480 g/mol. The highest BCUT2D eigenvalue weighted by molar-refractivity contribution is 5.98. The number of halogens is 3. The van der Waals surface area contributed by atoms with Gasteiger partial charge in [0, 0.05) is 62.2 Å². The Morgan fingerprint density at radius 1 is 0.917 bits per heavy atom. The molecule has 0 atom stereocenters. The summed E-state index contributed by atoms with van der Waals surface area (Å²) in [6, 6.07) is 16.1. The average molecular weight is 516 g/mol. The molecule has 2 aromatic carbocycles. The van der Waals surface area contributed by atoms with Crippen LogP contribution < -0.4 is 4.90 Å². The maximum absolute atomic E-state index is 14.1. The number of aromatic nitrogens is 1. The summed E-state index contributed by atoms with van der Waals surface area (Å²) in [6.07, 6.45) is 3.37. The number of Topliss-reactive ketones (excluding diaryl/α,β-unsaturated/α-hetero) is 1. The number of nitrogens with zero attached hydrogens (tertiary/aromatic N) is 3. The van der Waals surface area contributed by atoms with Gasteiger partial charge in [0.25, 0.3) is 0 Å². The van der Waals surface area contributed by atoms with Crippen LogP contribution >= 0.6 is 12.4 Å². The predicted octanol–water partition coefficient (Wildman–Crippen LogP) is 6.75. The Bertz CT molecular complexity index is 1140. The van der Waals surface area contributed by atoms with Crippen molar-refractivity contribution >= 4 is 23.9 Å². The van der Waals surface area contributed by atoms with E-state index in [1.54, 1.807) is 0 Å². The molecule has 4 rings (SSSR count). The quantitative estimate of drug-likeness (QED) is 0.221. The molecule has 0 N–H and O–H groups in total. The van der Waals surface area contributed by atoms with E-state index >= 15 is 0 Å². The molecule has 0 aliphatic carbocycles. The van der Waals surface area contributed by atoms with E-state index in [0.717, 1.165) is 74.0 Å². The minimum Gasteiger partial charge on any atom is -0.367 e. The molecule has 194 valence electrons. The van der Waals surface area contributed by atoms with Crippen LogP contribution in [-0.4, -0.2) is 48.0 Å². The number of rotatable bonds is 10. The van der Waals surface area contributed by atoms with Gasteiger partial charge in [-0.2, -0.15) is 0 Å². The molecule has 1 aromatic heterocycles. The fourth-order valence-electron chi connectivity index (χ4n) is 4.99. The van der Waals surface area contributed by atoms with Crippen molar-refractivity contribution in [1.29, 1.82) is 0 Å². The summed E-state index contributed by atoms with van der Waals surface area (Å²) in [5, 5.41) is 0. The van der Waals surface area contributed by atoms with E-state index in [1.807, 2.05) is 23.1 Å². The Balaban J connectivity index is 0.00000361. The zero-order valence-corrected chi connectivity index (χ0v) is 22.0. The number of unbranched alkanes of at least 4 members (excludes halogenated alkanes) is 1. The van der Waals surface area contributed by atoms with Gasteiger partial charge >= 0.3 is 0 Å². The molecule has 0 bridgehead atoms. The van der Waals surface area contributed by atoms with Gasteiger partial charge in [-0.1, -0.05) is 37.3 Å². The van der Waals surface area contributed by atoms with E-state index in [2.05, 4.69) is 41.5 Å². The normalized spacial score (nSPS) is 14.1. The summed E-state index contributed by atoms with van der Waals surface area (Å²) >= 11 is 0. The smallest absolute Gasteiger partial charge is 0.164 e. The second-order valence-electron chi connectivity index (χ2n) is 9.35. The average Bonchev–Trinajstić information content (AvgIpc) is 3.19. The SMILES string of the molecule is CCCn1c(-c2ccccc2)cc(C(=O)CCCCN2CCN(c3ccc(F)cc3F)CC2)c1C.Cl. The Hall–Kier alpha value is -2.70. The van der Waals surface area contributed by atoms with E-state index < -0.39 is 11.6 Å². The number of hydrogen-bond donors (Lipinski definition) is 0. The highest BCUT2D eigenvalue weighted by Gasteiger charge is 2.21. The van der Waals surface area contributed by atoms with Gasteiger partial charge in [0.2, 0.25) is 0 Å². The molecule has 0 radical (unpaired) electrons. The summed E-state index contributed by atoms with van der Waals surface area (Å²) in [7, 11) is 0. The first-order valence-electron chi connectivity index (χ1n) is 12.7. The van der Waals surface area contributed by atoms with Gasteiger partial charge in [-0.25, -0.2) is 8.78 Å². The maximum Gasteiger partial charge on any atom is 0.164 e. The van der Waals surface area contributed by atoms with Gasteiger partial charge in [0.15, 0.2) is 5.78 Å². The van der Waals surface area contributed by atoms with Crippen LogP contribution in [0.15, 0.2) is 54.6 Å². The molecule has 36 heavy (non-hydrogen) atoms. The molecule has 0 amide bonds. The van der Waals surface area contributed by atoms with E-state index in [4.69, 9.17) is 0 Å². The van der Waals surface area contributed by atoms with E-state index in [0.29, 0.717) is 25.2 Å². The summed E-state index contributed by atoms with van der Waals surface area (Å²) in [5.41, 5.74) is 4.62. The number of ketones is 1. The topological polar surface area (TPSA) is 28.5 Å². The lowest BCUT2D eigenvalue weighted by atomic mass is 10.0. The monoisotopic (exact) mass is 515 g/mol. The number of carbonyl (C=O) groups excluding carboxylic acids is 1. The van der Waals surface area contributed by atoms with Crippen molar-refractivity contribution in [3.8, 4) is 11.3 Å². The van der Waals surface area contributed by atoms with Crippen molar-refractivity contribution in [1.82, 2.24) is 9.47 Å². The molecule has 3 aromatic rings. The zero-order chi connectivity index (χ0) is 24.8. The minimum atomic E-state index is -0.548. The minimum absolute atomic E-state index is 0. The van der Waals surface area contributed by atoms with Crippen molar-refractivity contribution in [2.24, 2.45) is 0 Å². The van der Waals surface area contributed by atoms with Crippen molar-refractivity contribution in [2.45, 2.75) is 46.1 Å². The van der Waals surface area contributed by atoms with Crippen LogP contribution in [0.25, 0.3) is 11.3 Å². The Morgan fingerprint density at radius 3 is 2.31 bits per heavy atom. The first kappa shape index (κ1) is 27.9. The number of anilines is 1. The summed E-state index contributed by atoms with van der Waals surface area (Å²) in [6.45, 7) is 9.15. The maximum atomic E-state index is 14.1. The van der Waals surface area contributed by atoms with Crippen LogP contribution in [0.4, 0.5) is 14.5 Å². The molecule has 2 heterocycles. The lowest BCUT2D eigenvalue weighted by molar-refractivity contribution is 0.0977. The van der Waals surface area contributed by atoms with Crippen LogP contribution in [0.3, 0.4) is 0 Å². The van der Waals surface area contributed by atoms with Crippen LogP contribution in [-0.2, 0) is 6.54 Å².